The number of ether oxygens (including phenoxy) is 1. The van der Waals surface area contributed by atoms with Crippen LogP contribution >= 0.6 is 11.6 Å². The Morgan fingerprint density at radius 3 is 2.82 bits per heavy atom. The van der Waals surface area contributed by atoms with Crippen molar-refractivity contribution < 1.29 is 14.3 Å². The van der Waals surface area contributed by atoms with Crippen LogP contribution in [-0.4, -0.2) is 24.0 Å². The van der Waals surface area contributed by atoms with Gasteiger partial charge in [-0.3, -0.25) is 14.4 Å². The number of esters is 1. The fourth-order valence-electron chi connectivity index (χ4n) is 1.99. The number of amides is 1. The molecule has 0 aliphatic rings. The Labute approximate surface area is 131 Å². The second kappa shape index (κ2) is 6.62. The lowest BCUT2D eigenvalue weighted by molar-refractivity contribution is -0.143. The Kier molecular flexibility index (Phi) is 4.82. The van der Waals surface area contributed by atoms with Gasteiger partial charge in [-0.2, -0.15) is 0 Å². The first-order valence-electron chi connectivity index (χ1n) is 6.61. The average molecular weight is 323 g/mol. The molecular formula is C15H15ClN2O4. The van der Waals surface area contributed by atoms with Gasteiger partial charge < -0.3 is 15.0 Å². The first-order chi connectivity index (χ1) is 10.4. The van der Waals surface area contributed by atoms with Crippen LogP contribution in [0, 0.1) is 5.92 Å². The maximum atomic E-state index is 12.1. The summed E-state index contributed by atoms with van der Waals surface area (Å²) in [6.07, 6.45) is 1.50. The third kappa shape index (κ3) is 3.46. The van der Waals surface area contributed by atoms with E-state index >= 15 is 0 Å². The second-order valence-corrected chi connectivity index (χ2v) is 5.30. The number of aromatic amines is 1. The fraction of sp³-hybridized carbons (Fsp3) is 0.267. The lowest BCUT2D eigenvalue weighted by Crippen LogP contribution is -2.23. The van der Waals surface area contributed by atoms with E-state index < -0.39 is 11.9 Å². The number of carbonyl (C=O) groups excluding carboxylic acids is 2. The molecule has 1 amide bonds. The van der Waals surface area contributed by atoms with Crippen molar-refractivity contribution in [1.29, 1.82) is 0 Å². The van der Waals surface area contributed by atoms with Gasteiger partial charge in [0.05, 0.1) is 24.2 Å². The summed E-state index contributed by atoms with van der Waals surface area (Å²) in [7, 11) is 1.27. The lowest BCUT2D eigenvalue weighted by atomic mass is 10.1. The smallest absolute Gasteiger partial charge is 0.306 e. The van der Waals surface area contributed by atoms with Gasteiger partial charge in [-0.1, -0.05) is 18.5 Å². The van der Waals surface area contributed by atoms with Crippen molar-refractivity contribution in [2.75, 3.05) is 12.4 Å². The number of carbonyl (C=O) groups is 2. The first kappa shape index (κ1) is 16.0. The third-order valence-corrected chi connectivity index (χ3v) is 3.58. The highest BCUT2D eigenvalue weighted by Crippen LogP contribution is 2.27. The molecule has 1 aromatic heterocycles. The molecule has 1 aromatic carbocycles. The largest absolute Gasteiger partial charge is 0.469 e. The molecule has 0 aliphatic carbocycles. The zero-order valence-electron chi connectivity index (χ0n) is 12.1. The number of methoxy groups -OCH3 is 1. The zero-order valence-corrected chi connectivity index (χ0v) is 12.9. The van der Waals surface area contributed by atoms with E-state index in [1.54, 1.807) is 19.1 Å². The Morgan fingerprint density at radius 2 is 2.14 bits per heavy atom. The van der Waals surface area contributed by atoms with E-state index in [1.807, 2.05) is 0 Å². The summed E-state index contributed by atoms with van der Waals surface area (Å²) in [5, 5.41) is 4.01. The van der Waals surface area contributed by atoms with Crippen molar-refractivity contribution in [1.82, 2.24) is 4.98 Å². The number of nitrogens with one attached hydrogen (secondary N) is 2. The molecule has 0 saturated heterocycles. The summed E-state index contributed by atoms with van der Waals surface area (Å²) in [5.74, 6) is -1.37. The minimum absolute atomic E-state index is 0.0206. The van der Waals surface area contributed by atoms with Gasteiger partial charge in [-0.25, -0.2) is 0 Å². The SMILES string of the molecule is COC(=O)CC(C)C(=O)Nc1cc2cc[nH]c(=O)c2cc1Cl. The summed E-state index contributed by atoms with van der Waals surface area (Å²) in [6.45, 7) is 1.62. The molecule has 0 spiro atoms. The van der Waals surface area contributed by atoms with Crippen LogP contribution in [0.15, 0.2) is 29.2 Å². The molecule has 6 nitrogen and oxygen atoms in total. The van der Waals surface area contributed by atoms with E-state index in [0.29, 0.717) is 16.5 Å². The fourth-order valence-corrected chi connectivity index (χ4v) is 2.20. The molecule has 0 saturated carbocycles. The summed E-state index contributed by atoms with van der Waals surface area (Å²) < 4.78 is 4.53. The molecule has 1 heterocycles. The summed E-state index contributed by atoms with van der Waals surface area (Å²) in [4.78, 5) is 37.5. The molecule has 0 aliphatic heterocycles. The topological polar surface area (TPSA) is 88.3 Å². The van der Waals surface area contributed by atoms with Crippen molar-refractivity contribution >= 4 is 39.9 Å². The van der Waals surface area contributed by atoms with Gasteiger partial charge in [0.15, 0.2) is 0 Å². The molecule has 1 atom stereocenters. The highest BCUT2D eigenvalue weighted by molar-refractivity contribution is 6.34. The number of anilines is 1. The van der Waals surface area contributed by atoms with Crippen LogP contribution in [0.1, 0.15) is 13.3 Å². The van der Waals surface area contributed by atoms with Crippen LogP contribution in [-0.2, 0) is 14.3 Å². The van der Waals surface area contributed by atoms with Crippen LogP contribution in [0.3, 0.4) is 0 Å². The molecule has 0 bridgehead atoms. The molecule has 22 heavy (non-hydrogen) atoms. The molecule has 1 unspecified atom stereocenters. The maximum absolute atomic E-state index is 12.1. The van der Waals surface area contributed by atoms with Gasteiger partial charge >= 0.3 is 5.97 Å². The van der Waals surface area contributed by atoms with E-state index in [-0.39, 0.29) is 22.9 Å². The number of H-pyrrole nitrogens is 1. The van der Waals surface area contributed by atoms with Gasteiger partial charge in [0, 0.05) is 17.5 Å². The highest BCUT2D eigenvalue weighted by Gasteiger charge is 2.18. The highest BCUT2D eigenvalue weighted by atomic mass is 35.5. The average Bonchev–Trinajstić information content (AvgIpc) is 2.48. The van der Waals surface area contributed by atoms with Crippen molar-refractivity contribution in [2.24, 2.45) is 5.92 Å². The number of hydrogen-bond acceptors (Lipinski definition) is 4. The van der Waals surface area contributed by atoms with Crippen molar-refractivity contribution in [3.8, 4) is 0 Å². The number of halogens is 1. The summed E-state index contributed by atoms with van der Waals surface area (Å²) >= 11 is 6.10. The van der Waals surface area contributed by atoms with Crippen molar-refractivity contribution in [2.45, 2.75) is 13.3 Å². The Morgan fingerprint density at radius 1 is 1.41 bits per heavy atom. The van der Waals surface area contributed by atoms with Crippen LogP contribution in [0.2, 0.25) is 5.02 Å². The second-order valence-electron chi connectivity index (χ2n) is 4.90. The molecular weight excluding hydrogens is 308 g/mol. The predicted molar refractivity (Wildman–Crippen MR) is 84.0 cm³/mol. The Bertz CT molecular complexity index is 785. The number of hydrogen-bond donors (Lipinski definition) is 2. The van der Waals surface area contributed by atoms with Gasteiger partial charge in [0.2, 0.25) is 5.91 Å². The number of rotatable bonds is 4. The summed E-state index contributed by atoms with van der Waals surface area (Å²) in [5.41, 5.74) is 0.137. The van der Waals surface area contributed by atoms with Crippen LogP contribution < -0.4 is 10.9 Å². The Balaban J connectivity index is 2.24. The van der Waals surface area contributed by atoms with Gasteiger partial charge in [-0.15, -0.1) is 0 Å². The molecule has 2 aromatic rings. The molecule has 7 heteroatoms. The van der Waals surface area contributed by atoms with Crippen LogP contribution in [0.5, 0.6) is 0 Å². The van der Waals surface area contributed by atoms with Crippen LogP contribution in [0.4, 0.5) is 5.69 Å². The molecule has 2 rings (SSSR count). The van der Waals surface area contributed by atoms with E-state index in [2.05, 4.69) is 15.0 Å². The minimum atomic E-state index is -0.557. The monoisotopic (exact) mass is 322 g/mol. The predicted octanol–water partition coefficient (Wildman–Crippen LogP) is 2.32. The van der Waals surface area contributed by atoms with Crippen LogP contribution in [0.25, 0.3) is 10.8 Å². The molecule has 0 fully saturated rings. The van der Waals surface area contributed by atoms with E-state index in [4.69, 9.17) is 11.6 Å². The zero-order chi connectivity index (χ0) is 16.3. The minimum Gasteiger partial charge on any atom is -0.469 e. The molecule has 116 valence electrons. The van der Waals surface area contributed by atoms with Gasteiger partial charge in [-0.05, 0) is 23.6 Å². The van der Waals surface area contributed by atoms with E-state index in [1.165, 1.54) is 19.4 Å². The normalized spacial score (nSPS) is 12.0. The van der Waals surface area contributed by atoms with Gasteiger partial charge in [0.25, 0.3) is 5.56 Å². The maximum Gasteiger partial charge on any atom is 0.306 e. The molecule has 0 radical (unpaired) electrons. The van der Waals surface area contributed by atoms with Crippen molar-refractivity contribution in [3.05, 3.63) is 39.8 Å². The van der Waals surface area contributed by atoms with E-state index in [9.17, 15) is 14.4 Å². The first-order valence-corrected chi connectivity index (χ1v) is 6.98. The summed E-state index contributed by atoms with van der Waals surface area (Å²) in [6, 6.07) is 4.83. The number of pyridine rings is 1. The quantitative estimate of drug-likeness (QED) is 0.845. The van der Waals surface area contributed by atoms with Gasteiger partial charge in [0.1, 0.15) is 0 Å². The number of benzene rings is 1. The Hall–Kier alpha value is -2.34. The standard InChI is InChI=1S/C15H15ClN2O4/c1-8(5-13(19)22-2)14(20)18-12-6-9-3-4-17-15(21)10(9)7-11(12)16/h3-4,6-8H,5H2,1-2H3,(H,17,21)(H,18,20). The molecule has 2 N–H and O–H groups in total. The number of fused-ring (bicyclic) bond motifs is 1. The number of aromatic nitrogens is 1. The lowest BCUT2D eigenvalue weighted by Gasteiger charge is -2.13. The van der Waals surface area contributed by atoms with E-state index in [0.717, 1.165) is 0 Å². The third-order valence-electron chi connectivity index (χ3n) is 3.27. The van der Waals surface area contributed by atoms with Crippen molar-refractivity contribution in [3.63, 3.8) is 0 Å².